The molecule has 9 heteroatoms. The van der Waals surface area contributed by atoms with Gasteiger partial charge in [0.25, 0.3) is 5.56 Å². The summed E-state index contributed by atoms with van der Waals surface area (Å²) in [4.78, 5) is 24.6. The van der Waals surface area contributed by atoms with Crippen LogP contribution in [0.4, 0.5) is 13.2 Å². The van der Waals surface area contributed by atoms with Gasteiger partial charge < -0.3 is 4.98 Å². The zero-order valence-electron chi connectivity index (χ0n) is 17.8. The fraction of sp³-hybridized carbons (Fsp3) is 0.200. The Kier molecular flexibility index (Phi) is 6.06. The van der Waals surface area contributed by atoms with Crippen molar-refractivity contribution in [3.05, 3.63) is 97.7 Å². The Bertz CT molecular complexity index is 1380. The van der Waals surface area contributed by atoms with E-state index in [1.165, 1.54) is 17.0 Å². The molecule has 4 aromatic rings. The van der Waals surface area contributed by atoms with Gasteiger partial charge in [-0.05, 0) is 42.0 Å². The molecule has 2 aromatic carbocycles. The summed E-state index contributed by atoms with van der Waals surface area (Å²) in [5.74, 6) is 0.289. The molecule has 0 spiro atoms. The summed E-state index contributed by atoms with van der Waals surface area (Å²) in [6.07, 6.45) is -3.81. The van der Waals surface area contributed by atoms with Crippen molar-refractivity contribution < 1.29 is 13.2 Å². The minimum absolute atomic E-state index is 0.252. The number of benzene rings is 2. The van der Waals surface area contributed by atoms with Crippen LogP contribution in [-0.2, 0) is 25.7 Å². The van der Waals surface area contributed by atoms with Gasteiger partial charge in [0.15, 0.2) is 0 Å². The van der Waals surface area contributed by atoms with Crippen LogP contribution in [0.15, 0.2) is 65.5 Å². The predicted octanol–water partition coefficient (Wildman–Crippen LogP) is 6.40. The maximum absolute atomic E-state index is 12.8. The first-order chi connectivity index (χ1) is 16.3. The zero-order valence-corrected chi connectivity index (χ0v) is 19.4. The van der Waals surface area contributed by atoms with Crippen molar-refractivity contribution in [1.82, 2.24) is 14.9 Å². The number of hydrogen-bond donors (Lipinski definition) is 1. The summed E-state index contributed by atoms with van der Waals surface area (Å²) in [5.41, 5.74) is 1.88. The largest absolute Gasteiger partial charge is 0.416 e. The predicted molar refractivity (Wildman–Crippen MR) is 128 cm³/mol. The molecule has 0 amide bonds. The van der Waals surface area contributed by atoms with Crippen LogP contribution in [0.25, 0.3) is 21.8 Å². The van der Waals surface area contributed by atoms with Gasteiger partial charge in [0, 0.05) is 46.4 Å². The van der Waals surface area contributed by atoms with Crippen LogP contribution in [-0.4, -0.2) is 21.4 Å². The van der Waals surface area contributed by atoms with Crippen molar-refractivity contribution in [1.29, 1.82) is 0 Å². The molecule has 0 fully saturated rings. The molecule has 3 heterocycles. The van der Waals surface area contributed by atoms with Gasteiger partial charge in [0.2, 0.25) is 0 Å². The van der Waals surface area contributed by atoms with Crippen LogP contribution >= 0.6 is 22.9 Å². The van der Waals surface area contributed by atoms with E-state index in [1.54, 1.807) is 11.3 Å². The van der Waals surface area contributed by atoms with E-state index in [4.69, 9.17) is 11.6 Å². The molecular formula is C25H19ClF3N3OS. The normalized spacial score (nSPS) is 14.2. The number of nitrogens with one attached hydrogen (secondary N) is 1. The van der Waals surface area contributed by atoms with Crippen molar-refractivity contribution in [2.75, 3.05) is 6.54 Å². The molecule has 2 aromatic heterocycles. The molecule has 1 N–H and O–H groups in total. The molecule has 0 saturated carbocycles. The number of H-pyrrole nitrogens is 1. The maximum atomic E-state index is 12.8. The van der Waals surface area contributed by atoms with Gasteiger partial charge in [0.05, 0.1) is 16.8 Å². The minimum atomic E-state index is -4.41. The van der Waals surface area contributed by atoms with Gasteiger partial charge in [-0.25, -0.2) is 4.98 Å². The first kappa shape index (κ1) is 22.8. The lowest BCUT2D eigenvalue weighted by Crippen LogP contribution is -2.35. The van der Waals surface area contributed by atoms with Crippen molar-refractivity contribution >= 4 is 22.9 Å². The molecule has 0 unspecified atom stereocenters. The summed E-state index contributed by atoms with van der Waals surface area (Å²) in [6.45, 7) is 1.93. The topological polar surface area (TPSA) is 49.0 Å². The van der Waals surface area contributed by atoms with Gasteiger partial charge in [-0.1, -0.05) is 35.9 Å². The van der Waals surface area contributed by atoms with Gasteiger partial charge in [-0.2, -0.15) is 13.2 Å². The highest BCUT2D eigenvalue weighted by Crippen LogP contribution is 2.32. The lowest BCUT2D eigenvalue weighted by atomic mass is 10.1. The number of hydrogen-bond acceptors (Lipinski definition) is 4. The number of aromatic nitrogens is 2. The molecule has 34 heavy (non-hydrogen) atoms. The minimum Gasteiger partial charge on any atom is -0.306 e. The van der Waals surface area contributed by atoms with Gasteiger partial charge in [-0.3, -0.25) is 9.69 Å². The number of rotatable bonds is 4. The van der Waals surface area contributed by atoms with E-state index in [2.05, 4.69) is 27.0 Å². The van der Waals surface area contributed by atoms with E-state index in [9.17, 15) is 18.0 Å². The Morgan fingerprint density at radius 1 is 1.00 bits per heavy atom. The standard InChI is InChI=1S/C25H19ClF3N3OS/c26-18-7-3-15(4-8-18)22-10-9-19(34-22)13-32-12-11-21-20(14-32)24(33)31-23(30-21)16-1-5-17(6-2-16)25(27,28)29/h1-10H,11-14H2,(H,30,31,33). The molecule has 174 valence electrons. The molecule has 0 aliphatic carbocycles. The Morgan fingerprint density at radius 2 is 1.71 bits per heavy atom. The van der Waals surface area contributed by atoms with Crippen LogP contribution < -0.4 is 5.56 Å². The maximum Gasteiger partial charge on any atom is 0.416 e. The molecule has 0 saturated heterocycles. The van der Waals surface area contributed by atoms with E-state index in [-0.39, 0.29) is 11.4 Å². The quantitative estimate of drug-likeness (QED) is 0.352. The third kappa shape index (κ3) is 4.80. The summed E-state index contributed by atoms with van der Waals surface area (Å²) < 4.78 is 38.5. The number of alkyl halides is 3. The van der Waals surface area contributed by atoms with E-state index >= 15 is 0 Å². The Labute approximate surface area is 202 Å². The summed E-state index contributed by atoms with van der Waals surface area (Å²) in [5, 5.41) is 0.702. The summed E-state index contributed by atoms with van der Waals surface area (Å²) >= 11 is 7.68. The lowest BCUT2D eigenvalue weighted by molar-refractivity contribution is -0.137. The molecule has 0 radical (unpaired) electrons. The second-order valence-electron chi connectivity index (χ2n) is 8.15. The molecule has 0 atom stereocenters. The van der Waals surface area contributed by atoms with Crippen molar-refractivity contribution in [2.24, 2.45) is 0 Å². The van der Waals surface area contributed by atoms with Crippen molar-refractivity contribution in [2.45, 2.75) is 25.7 Å². The lowest BCUT2D eigenvalue weighted by Gasteiger charge is -2.27. The number of nitrogens with zero attached hydrogens (tertiary/aromatic N) is 2. The molecule has 4 nitrogen and oxygen atoms in total. The average molecular weight is 502 g/mol. The van der Waals surface area contributed by atoms with E-state index < -0.39 is 11.7 Å². The molecule has 0 bridgehead atoms. The third-order valence-electron chi connectivity index (χ3n) is 5.80. The van der Waals surface area contributed by atoms with Crippen molar-refractivity contribution in [3.8, 4) is 21.8 Å². The summed E-state index contributed by atoms with van der Waals surface area (Å²) in [6, 6.07) is 16.6. The number of halogens is 4. The smallest absolute Gasteiger partial charge is 0.306 e. The average Bonchev–Trinajstić information content (AvgIpc) is 3.28. The molecule has 1 aliphatic heterocycles. The first-order valence-corrected chi connectivity index (χ1v) is 11.8. The highest BCUT2D eigenvalue weighted by Gasteiger charge is 2.30. The van der Waals surface area contributed by atoms with Gasteiger partial charge in [0.1, 0.15) is 5.82 Å². The van der Waals surface area contributed by atoms with Gasteiger partial charge >= 0.3 is 6.18 Å². The molecular weight excluding hydrogens is 483 g/mol. The Hall–Kier alpha value is -2.94. The Balaban J connectivity index is 1.31. The highest BCUT2D eigenvalue weighted by atomic mass is 35.5. The second kappa shape index (κ2) is 9.02. The Morgan fingerprint density at radius 3 is 2.41 bits per heavy atom. The van der Waals surface area contributed by atoms with Crippen LogP contribution in [0.5, 0.6) is 0 Å². The van der Waals surface area contributed by atoms with E-state index in [0.29, 0.717) is 34.8 Å². The highest BCUT2D eigenvalue weighted by molar-refractivity contribution is 7.15. The number of fused-ring (bicyclic) bond motifs is 1. The van der Waals surface area contributed by atoms with Crippen LogP contribution in [0.1, 0.15) is 21.7 Å². The third-order valence-corrected chi connectivity index (χ3v) is 7.17. The van der Waals surface area contributed by atoms with Gasteiger partial charge in [-0.15, -0.1) is 11.3 Å². The monoisotopic (exact) mass is 501 g/mol. The summed E-state index contributed by atoms with van der Waals surface area (Å²) in [7, 11) is 0. The molecule has 5 rings (SSSR count). The van der Waals surface area contributed by atoms with E-state index in [0.717, 1.165) is 35.7 Å². The number of aromatic amines is 1. The SMILES string of the molecule is O=c1[nH]c(-c2ccc(C(F)(F)F)cc2)nc2c1CN(Cc1ccc(-c3ccc(Cl)cc3)s1)CC2. The van der Waals surface area contributed by atoms with Crippen LogP contribution in [0, 0.1) is 0 Å². The fourth-order valence-corrected chi connectivity index (χ4v) is 5.20. The van der Waals surface area contributed by atoms with E-state index in [1.807, 2.05) is 24.3 Å². The van der Waals surface area contributed by atoms with Crippen molar-refractivity contribution in [3.63, 3.8) is 0 Å². The first-order valence-electron chi connectivity index (χ1n) is 10.6. The van der Waals surface area contributed by atoms with Crippen LogP contribution in [0.2, 0.25) is 5.02 Å². The number of thiophene rings is 1. The second-order valence-corrected chi connectivity index (χ2v) is 9.75. The molecule has 1 aliphatic rings. The van der Waals surface area contributed by atoms with Crippen LogP contribution in [0.3, 0.4) is 0 Å². The fourth-order valence-electron chi connectivity index (χ4n) is 4.02. The zero-order chi connectivity index (χ0) is 23.9.